The van der Waals surface area contributed by atoms with Gasteiger partial charge in [-0.05, 0) is 34.1 Å². The summed E-state index contributed by atoms with van der Waals surface area (Å²) in [4.78, 5) is 15.4. The molecule has 2 atom stereocenters. The summed E-state index contributed by atoms with van der Waals surface area (Å²) in [6, 6.07) is 37.3. The van der Waals surface area contributed by atoms with Crippen molar-refractivity contribution in [3.63, 3.8) is 0 Å². The molecule has 6 aromatic rings. The van der Waals surface area contributed by atoms with E-state index in [4.69, 9.17) is 0 Å². The first-order valence-electron chi connectivity index (χ1n) is 19.1. The van der Waals surface area contributed by atoms with E-state index in [2.05, 4.69) is 0 Å². The second-order valence-corrected chi connectivity index (χ2v) is 15.3. The number of rotatable bonds is 14. The molecule has 0 bridgehead atoms. The lowest BCUT2D eigenvalue weighted by atomic mass is 9.71. The molecule has 7 nitrogen and oxygen atoms in total. The Balaban J connectivity index is 1.56. The zero-order valence-corrected chi connectivity index (χ0v) is 32.3. The molecule has 0 fully saturated rings. The van der Waals surface area contributed by atoms with Gasteiger partial charge in [-0.1, -0.05) is 149 Å². The average molecular weight is 751 g/mol. The number of hydrogen-bond acceptors (Lipinski definition) is 7. The van der Waals surface area contributed by atoms with Crippen LogP contribution >= 0.6 is 0 Å². The molecule has 0 radical (unpaired) electrons. The van der Waals surface area contributed by atoms with E-state index in [1.54, 1.807) is 0 Å². The fourth-order valence-corrected chi connectivity index (χ4v) is 7.95. The van der Waals surface area contributed by atoms with Gasteiger partial charge in [-0.25, -0.2) is 0 Å². The first-order valence-corrected chi connectivity index (χ1v) is 19.1. The van der Waals surface area contributed by atoms with Crippen molar-refractivity contribution < 1.29 is 35.4 Å². The first kappa shape index (κ1) is 39.5. The normalized spacial score (nSPS) is 12.5. The van der Waals surface area contributed by atoms with Gasteiger partial charge >= 0.3 is 0 Å². The summed E-state index contributed by atoms with van der Waals surface area (Å²) in [7, 11) is 0. The number of benzene rings is 6. The average Bonchev–Trinajstić information content (AvgIpc) is 3.19. The first-order chi connectivity index (χ1) is 26.9. The lowest BCUT2D eigenvalue weighted by Gasteiger charge is -2.32. The van der Waals surface area contributed by atoms with Crippen molar-refractivity contribution in [3.05, 3.63) is 177 Å². The van der Waals surface area contributed by atoms with Crippen molar-refractivity contribution in [1.82, 2.24) is 0 Å². The minimum atomic E-state index is -1.14. The summed E-state index contributed by atoms with van der Waals surface area (Å²) in [5.74, 6) is -5.77. The van der Waals surface area contributed by atoms with Crippen molar-refractivity contribution in [2.75, 3.05) is 0 Å². The zero-order valence-electron chi connectivity index (χ0n) is 32.3. The van der Waals surface area contributed by atoms with Gasteiger partial charge in [-0.3, -0.25) is 4.79 Å². The van der Waals surface area contributed by atoms with E-state index in [0.29, 0.717) is 0 Å². The van der Waals surface area contributed by atoms with Crippen molar-refractivity contribution in [2.24, 2.45) is 11.8 Å². The van der Waals surface area contributed by atoms with Crippen LogP contribution in [0.3, 0.4) is 0 Å². The number of hydrogen-bond donors (Lipinski definition) is 6. The van der Waals surface area contributed by atoms with Crippen molar-refractivity contribution in [2.45, 2.75) is 65.2 Å². The molecule has 288 valence electrons. The van der Waals surface area contributed by atoms with Gasteiger partial charge in [0, 0.05) is 59.1 Å². The Morgan fingerprint density at radius 1 is 0.375 bits per heavy atom. The molecule has 56 heavy (non-hydrogen) atoms. The van der Waals surface area contributed by atoms with Gasteiger partial charge in [0.25, 0.3) is 0 Å². The predicted octanol–water partition coefficient (Wildman–Crippen LogP) is 10.0. The molecule has 0 saturated heterocycles. The number of ketones is 1. The monoisotopic (exact) mass is 750 g/mol. The van der Waals surface area contributed by atoms with Crippen LogP contribution in [-0.2, 0) is 30.5 Å². The van der Waals surface area contributed by atoms with E-state index < -0.39 is 29.5 Å². The Morgan fingerprint density at radius 3 is 0.786 bits per heavy atom. The van der Waals surface area contributed by atoms with Crippen LogP contribution < -0.4 is 0 Å². The number of carbonyl (C=O) groups excluding carboxylic acids is 1. The van der Waals surface area contributed by atoms with Crippen molar-refractivity contribution in [3.8, 4) is 34.5 Å². The summed E-state index contributed by atoms with van der Waals surface area (Å²) < 4.78 is 0. The molecule has 0 aliphatic heterocycles. The van der Waals surface area contributed by atoms with Crippen LogP contribution in [0.4, 0.5) is 0 Å². The number of aromatic hydroxyl groups is 6. The highest BCUT2D eigenvalue weighted by molar-refractivity contribution is 5.95. The maximum absolute atomic E-state index is 15.4. The largest absolute Gasteiger partial charge is 0.507 e. The third-order valence-electron chi connectivity index (χ3n) is 10.8. The molecule has 6 rings (SSSR count). The molecular formula is C49H50O7. The molecular weight excluding hydrogens is 701 g/mol. The maximum atomic E-state index is 15.4. The quantitative estimate of drug-likeness (QED) is 0.0652. The summed E-state index contributed by atoms with van der Waals surface area (Å²) in [5.41, 5.74) is 3.93. The van der Waals surface area contributed by atoms with Crippen LogP contribution in [0.25, 0.3) is 0 Å². The lowest BCUT2D eigenvalue weighted by molar-refractivity contribution is -0.124. The smallest absolute Gasteiger partial charge is 0.148 e. The summed E-state index contributed by atoms with van der Waals surface area (Å²) >= 11 is 0. The Morgan fingerprint density at radius 2 is 0.589 bits per heavy atom. The lowest BCUT2D eigenvalue weighted by Crippen LogP contribution is -2.29. The summed E-state index contributed by atoms with van der Waals surface area (Å²) in [6.45, 7) is 7.27. The second kappa shape index (κ2) is 17.1. The topological polar surface area (TPSA) is 138 Å². The second-order valence-electron chi connectivity index (χ2n) is 15.3. The Bertz CT molecular complexity index is 1980. The SMILES string of the molecule is CC(C)C(C(=O)C(c1c(O)c(Cc2ccccc2)c(O)c(Cc2ccccc2)c1O)C(C)C)c1c(O)c(Cc2ccccc2)c(O)c(Cc2ccccc2)c1O. The standard InChI is InChI=1S/C49H50O7/c1-29(2)39(41-45(52)35(25-31-17-9-5-10-18-31)43(50)36(46(41)53)26-32-19-11-6-12-20-32)49(56)40(30(3)4)42-47(54)37(27-33-21-13-7-14-22-33)44(51)38(48(42)55)28-34-23-15-8-16-24-34/h5-24,29-30,39-40,50-55H,25-28H2,1-4H3. The highest BCUT2D eigenvalue weighted by Gasteiger charge is 2.42. The van der Waals surface area contributed by atoms with E-state index in [9.17, 15) is 30.6 Å². The van der Waals surface area contributed by atoms with Gasteiger partial charge in [0.2, 0.25) is 0 Å². The minimum Gasteiger partial charge on any atom is -0.507 e. The zero-order chi connectivity index (χ0) is 40.1. The van der Waals surface area contributed by atoms with Gasteiger partial charge in [0.15, 0.2) is 0 Å². The molecule has 6 N–H and O–H groups in total. The van der Waals surface area contributed by atoms with Crippen LogP contribution in [0.2, 0.25) is 0 Å². The highest BCUT2D eigenvalue weighted by Crippen LogP contribution is 2.54. The molecule has 0 aromatic heterocycles. The Labute approximate surface area is 328 Å². The molecule has 0 amide bonds. The van der Waals surface area contributed by atoms with Gasteiger partial charge in [-0.2, -0.15) is 0 Å². The molecule has 7 heteroatoms. The molecule has 0 aliphatic carbocycles. The predicted molar refractivity (Wildman–Crippen MR) is 220 cm³/mol. The number of phenols is 6. The summed E-state index contributed by atoms with van der Waals surface area (Å²) in [5, 5.41) is 72.0. The third-order valence-corrected chi connectivity index (χ3v) is 10.8. The number of phenolic OH excluding ortho intramolecular Hbond substituents is 6. The van der Waals surface area contributed by atoms with Gasteiger partial charge in [-0.15, -0.1) is 0 Å². The van der Waals surface area contributed by atoms with Crippen LogP contribution in [-0.4, -0.2) is 36.4 Å². The summed E-state index contributed by atoms with van der Waals surface area (Å²) in [6.07, 6.45) is 0.522. The van der Waals surface area contributed by atoms with E-state index in [1.165, 1.54) is 0 Å². The van der Waals surface area contributed by atoms with E-state index in [-0.39, 0.29) is 93.6 Å². The van der Waals surface area contributed by atoms with Crippen LogP contribution in [0, 0.1) is 11.8 Å². The molecule has 2 unspecified atom stereocenters. The molecule has 0 aliphatic rings. The van der Waals surface area contributed by atoms with Crippen LogP contribution in [0.5, 0.6) is 34.5 Å². The van der Waals surface area contributed by atoms with E-state index in [0.717, 1.165) is 22.3 Å². The third kappa shape index (κ3) is 8.08. The van der Waals surface area contributed by atoms with E-state index in [1.807, 2.05) is 149 Å². The van der Waals surface area contributed by atoms with Gasteiger partial charge in [0.1, 0.15) is 40.3 Å². The van der Waals surface area contributed by atoms with Gasteiger partial charge in [0.05, 0.1) is 11.8 Å². The van der Waals surface area contributed by atoms with Gasteiger partial charge < -0.3 is 30.6 Å². The fraction of sp³-hybridized carbons (Fsp3) is 0.245. The van der Waals surface area contributed by atoms with E-state index >= 15 is 4.79 Å². The molecule has 6 aromatic carbocycles. The molecule has 0 saturated carbocycles. The Kier molecular flexibility index (Phi) is 12.0. The van der Waals surface area contributed by atoms with Crippen molar-refractivity contribution in [1.29, 1.82) is 0 Å². The number of carbonyl (C=O) groups is 1. The fourth-order valence-electron chi connectivity index (χ4n) is 7.95. The number of Topliss-reactive ketones (excluding diaryl/α,β-unsaturated/α-hetero) is 1. The van der Waals surface area contributed by atoms with Crippen molar-refractivity contribution >= 4 is 5.78 Å². The molecule has 0 heterocycles. The minimum absolute atomic E-state index is 0.0166. The highest BCUT2D eigenvalue weighted by atomic mass is 16.3. The Hall–Kier alpha value is -6.21. The molecule has 0 spiro atoms. The van der Waals surface area contributed by atoms with Crippen LogP contribution in [0.1, 0.15) is 95.2 Å². The van der Waals surface area contributed by atoms with Crippen LogP contribution in [0.15, 0.2) is 121 Å². The maximum Gasteiger partial charge on any atom is 0.148 e.